The van der Waals surface area contributed by atoms with E-state index in [-0.39, 0.29) is 6.04 Å². The molecule has 0 radical (unpaired) electrons. The second kappa shape index (κ2) is 6.61. The van der Waals surface area contributed by atoms with E-state index in [4.69, 9.17) is 5.73 Å². The van der Waals surface area contributed by atoms with Crippen LogP contribution in [-0.4, -0.2) is 54.6 Å². The molecule has 2 N–H and O–H groups in total. The van der Waals surface area contributed by atoms with Gasteiger partial charge in [0.05, 0.1) is 0 Å². The quantitative estimate of drug-likeness (QED) is 0.918. The summed E-state index contributed by atoms with van der Waals surface area (Å²) in [7, 11) is 2.18. The van der Waals surface area contributed by atoms with Crippen LogP contribution >= 0.6 is 15.9 Å². The van der Waals surface area contributed by atoms with Crippen molar-refractivity contribution in [3.05, 3.63) is 28.5 Å². The first-order valence-electron chi connectivity index (χ1n) is 6.44. The lowest BCUT2D eigenvalue weighted by atomic mass is 10.1. The fourth-order valence-corrected chi connectivity index (χ4v) is 2.87. The Morgan fingerprint density at radius 2 is 2.17 bits per heavy atom. The SMILES string of the molecule is CN1CCCN(C(CN)c2cncc(Br)c2)CC1. The third-order valence-corrected chi connectivity index (χ3v) is 3.96. The van der Waals surface area contributed by atoms with Crippen molar-refractivity contribution in [3.8, 4) is 0 Å². The highest BCUT2D eigenvalue weighted by Crippen LogP contribution is 2.22. The van der Waals surface area contributed by atoms with Crippen LogP contribution in [0, 0.1) is 0 Å². The molecule has 1 saturated heterocycles. The molecule has 1 atom stereocenters. The molecule has 1 aromatic rings. The number of rotatable bonds is 3. The lowest BCUT2D eigenvalue weighted by Gasteiger charge is -2.29. The molecule has 0 aromatic carbocycles. The smallest absolute Gasteiger partial charge is 0.0486 e. The minimum Gasteiger partial charge on any atom is -0.329 e. The van der Waals surface area contributed by atoms with Gasteiger partial charge in [0.15, 0.2) is 0 Å². The van der Waals surface area contributed by atoms with Gasteiger partial charge in [0.1, 0.15) is 0 Å². The lowest BCUT2D eigenvalue weighted by Crippen LogP contribution is -2.36. The zero-order valence-electron chi connectivity index (χ0n) is 10.8. The van der Waals surface area contributed by atoms with Gasteiger partial charge in [-0.3, -0.25) is 9.88 Å². The third kappa shape index (κ3) is 3.51. The Balaban J connectivity index is 2.12. The first-order valence-corrected chi connectivity index (χ1v) is 7.23. The van der Waals surface area contributed by atoms with Crippen molar-refractivity contribution < 1.29 is 0 Å². The monoisotopic (exact) mass is 312 g/mol. The Morgan fingerprint density at radius 1 is 1.33 bits per heavy atom. The molecule has 0 saturated carbocycles. The van der Waals surface area contributed by atoms with E-state index in [0.717, 1.165) is 24.1 Å². The molecule has 100 valence electrons. The number of aromatic nitrogens is 1. The van der Waals surface area contributed by atoms with Crippen LogP contribution in [0.5, 0.6) is 0 Å². The number of hydrogen-bond donors (Lipinski definition) is 1. The number of pyridine rings is 1. The molecule has 0 spiro atoms. The van der Waals surface area contributed by atoms with Crippen molar-refractivity contribution in [3.63, 3.8) is 0 Å². The lowest BCUT2D eigenvalue weighted by molar-refractivity contribution is 0.207. The molecule has 2 rings (SSSR count). The van der Waals surface area contributed by atoms with Crippen LogP contribution in [0.1, 0.15) is 18.0 Å². The van der Waals surface area contributed by atoms with E-state index in [1.165, 1.54) is 18.5 Å². The number of hydrogen-bond acceptors (Lipinski definition) is 4. The van der Waals surface area contributed by atoms with Crippen LogP contribution in [0.15, 0.2) is 22.9 Å². The Labute approximate surface area is 117 Å². The molecule has 1 aromatic heterocycles. The van der Waals surface area contributed by atoms with E-state index in [2.05, 4.69) is 43.8 Å². The van der Waals surface area contributed by atoms with Crippen molar-refractivity contribution in [2.75, 3.05) is 39.8 Å². The fourth-order valence-electron chi connectivity index (χ4n) is 2.48. The summed E-state index contributed by atoms with van der Waals surface area (Å²) in [6.07, 6.45) is 4.94. The van der Waals surface area contributed by atoms with E-state index < -0.39 is 0 Å². The molecule has 1 aliphatic rings. The summed E-state index contributed by atoms with van der Waals surface area (Å²) in [4.78, 5) is 9.11. The van der Waals surface area contributed by atoms with Gasteiger partial charge in [-0.05, 0) is 47.6 Å². The average Bonchev–Trinajstić information content (AvgIpc) is 2.56. The molecule has 0 bridgehead atoms. The third-order valence-electron chi connectivity index (χ3n) is 3.53. The maximum absolute atomic E-state index is 5.97. The number of nitrogens with zero attached hydrogens (tertiary/aromatic N) is 3. The number of nitrogens with two attached hydrogens (primary N) is 1. The Kier molecular flexibility index (Phi) is 5.12. The normalized spacial score (nSPS) is 20.6. The summed E-state index contributed by atoms with van der Waals surface area (Å²) in [5.74, 6) is 0. The van der Waals surface area contributed by atoms with Gasteiger partial charge in [0, 0.05) is 49.1 Å². The Morgan fingerprint density at radius 3 is 2.89 bits per heavy atom. The molecule has 1 unspecified atom stereocenters. The summed E-state index contributed by atoms with van der Waals surface area (Å²) >= 11 is 3.48. The highest BCUT2D eigenvalue weighted by atomic mass is 79.9. The first-order chi connectivity index (χ1) is 8.70. The zero-order chi connectivity index (χ0) is 13.0. The van der Waals surface area contributed by atoms with E-state index in [1.54, 1.807) is 0 Å². The highest BCUT2D eigenvalue weighted by Gasteiger charge is 2.21. The van der Waals surface area contributed by atoms with Crippen LogP contribution in [0.2, 0.25) is 0 Å². The minimum absolute atomic E-state index is 0.279. The van der Waals surface area contributed by atoms with Crippen LogP contribution in [0.25, 0.3) is 0 Å². The van der Waals surface area contributed by atoms with Crippen LogP contribution in [-0.2, 0) is 0 Å². The van der Waals surface area contributed by atoms with Crippen molar-refractivity contribution >= 4 is 15.9 Å². The van der Waals surface area contributed by atoms with Crippen molar-refractivity contribution in [1.82, 2.24) is 14.8 Å². The molecule has 0 amide bonds. The summed E-state index contributed by atoms with van der Waals surface area (Å²) in [6.45, 7) is 5.11. The molecule has 2 heterocycles. The predicted molar refractivity (Wildman–Crippen MR) is 77.4 cm³/mol. The summed E-state index contributed by atoms with van der Waals surface area (Å²) < 4.78 is 1.02. The molecular formula is C13H21BrN4. The molecule has 18 heavy (non-hydrogen) atoms. The second-order valence-electron chi connectivity index (χ2n) is 4.88. The minimum atomic E-state index is 0.279. The summed E-state index contributed by atoms with van der Waals surface area (Å²) in [6, 6.07) is 2.40. The molecule has 0 aliphatic carbocycles. The topological polar surface area (TPSA) is 45.4 Å². The summed E-state index contributed by atoms with van der Waals surface area (Å²) in [5.41, 5.74) is 7.18. The van der Waals surface area contributed by atoms with Gasteiger partial charge in [0.25, 0.3) is 0 Å². The van der Waals surface area contributed by atoms with Gasteiger partial charge in [0.2, 0.25) is 0 Å². The van der Waals surface area contributed by atoms with Gasteiger partial charge in [-0.1, -0.05) is 0 Å². The van der Waals surface area contributed by atoms with Gasteiger partial charge in [-0.25, -0.2) is 0 Å². The van der Waals surface area contributed by atoms with Gasteiger partial charge in [-0.2, -0.15) is 0 Å². The van der Waals surface area contributed by atoms with E-state index in [0.29, 0.717) is 6.54 Å². The van der Waals surface area contributed by atoms with Crippen molar-refractivity contribution in [2.45, 2.75) is 12.5 Å². The average molecular weight is 313 g/mol. The largest absolute Gasteiger partial charge is 0.329 e. The van der Waals surface area contributed by atoms with Crippen molar-refractivity contribution in [1.29, 1.82) is 0 Å². The zero-order valence-corrected chi connectivity index (χ0v) is 12.4. The molecular weight excluding hydrogens is 292 g/mol. The molecule has 5 heteroatoms. The van der Waals surface area contributed by atoms with E-state index >= 15 is 0 Å². The number of halogens is 1. The molecule has 1 fully saturated rings. The van der Waals surface area contributed by atoms with Gasteiger partial charge >= 0.3 is 0 Å². The van der Waals surface area contributed by atoms with E-state index in [9.17, 15) is 0 Å². The maximum atomic E-state index is 5.97. The number of likely N-dealkylation sites (N-methyl/N-ethyl adjacent to an activating group) is 1. The van der Waals surface area contributed by atoms with E-state index in [1.807, 2.05) is 12.4 Å². The molecule has 1 aliphatic heterocycles. The first kappa shape index (κ1) is 13.9. The van der Waals surface area contributed by atoms with Gasteiger partial charge < -0.3 is 10.6 Å². The second-order valence-corrected chi connectivity index (χ2v) is 5.80. The maximum Gasteiger partial charge on any atom is 0.0486 e. The van der Waals surface area contributed by atoms with Crippen LogP contribution < -0.4 is 5.73 Å². The van der Waals surface area contributed by atoms with Crippen molar-refractivity contribution in [2.24, 2.45) is 5.73 Å². The van der Waals surface area contributed by atoms with Gasteiger partial charge in [-0.15, -0.1) is 0 Å². The highest BCUT2D eigenvalue weighted by molar-refractivity contribution is 9.10. The van der Waals surface area contributed by atoms with Crippen LogP contribution in [0.4, 0.5) is 0 Å². The predicted octanol–water partition coefficient (Wildman–Crippen LogP) is 1.48. The Bertz CT molecular complexity index is 385. The van der Waals surface area contributed by atoms with Crippen LogP contribution in [0.3, 0.4) is 0 Å². The Hall–Kier alpha value is -0.490. The standard InChI is InChI=1S/C13H21BrN4/c1-17-3-2-4-18(6-5-17)13(8-15)11-7-12(14)10-16-9-11/h7,9-10,13H,2-6,8,15H2,1H3. The summed E-state index contributed by atoms with van der Waals surface area (Å²) in [5, 5.41) is 0. The fraction of sp³-hybridized carbons (Fsp3) is 0.615. The molecule has 4 nitrogen and oxygen atoms in total.